The van der Waals surface area contributed by atoms with Gasteiger partial charge in [-0.1, -0.05) is 7.43 Å². The van der Waals surface area contributed by atoms with Crippen molar-refractivity contribution in [2.24, 2.45) is 0 Å². The minimum atomic E-state index is -0.273. The van der Waals surface area contributed by atoms with Gasteiger partial charge in [-0.3, -0.25) is 4.68 Å². The molecule has 1 aromatic carbocycles. The molecule has 1 saturated heterocycles. The average molecular weight is 358 g/mol. The molecule has 3 aromatic rings. The van der Waals surface area contributed by atoms with Gasteiger partial charge in [0.1, 0.15) is 5.82 Å². The monoisotopic (exact) mass is 358 g/mol. The number of likely N-dealkylation sites (tertiary alicyclic amines) is 1. The number of hydrogen-bond acceptors (Lipinski definition) is 3. The number of ether oxygens (including phenoxy) is 1. The molecular formula is C19H23FN4O2. The van der Waals surface area contributed by atoms with Gasteiger partial charge in [0, 0.05) is 47.5 Å². The number of hydrogen-bond donors (Lipinski definition) is 1. The number of H-pyrrole nitrogens is 1. The first-order chi connectivity index (χ1) is 12.2. The fourth-order valence-electron chi connectivity index (χ4n) is 3.46. The zero-order valence-electron chi connectivity index (χ0n) is 13.9. The summed E-state index contributed by atoms with van der Waals surface area (Å²) in [6.45, 7) is 1.33. The lowest BCUT2D eigenvalue weighted by atomic mass is 10.1. The van der Waals surface area contributed by atoms with E-state index < -0.39 is 0 Å². The molecule has 0 radical (unpaired) electrons. The Bertz CT molecular complexity index is 909. The van der Waals surface area contributed by atoms with Crippen LogP contribution in [0.5, 0.6) is 0 Å². The molecule has 0 unspecified atom stereocenters. The van der Waals surface area contributed by atoms with E-state index in [-0.39, 0.29) is 25.4 Å². The smallest absolute Gasteiger partial charge is 0.409 e. The van der Waals surface area contributed by atoms with Gasteiger partial charge in [0.15, 0.2) is 0 Å². The van der Waals surface area contributed by atoms with Crippen molar-refractivity contribution in [3.05, 3.63) is 42.6 Å². The Morgan fingerprint density at radius 3 is 2.85 bits per heavy atom. The van der Waals surface area contributed by atoms with Gasteiger partial charge in [-0.05, 0) is 31.0 Å². The van der Waals surface area contributed by atoms with Crippen molar-refractivity contribution in [3.63, 3.8) is 0 Å². The van der Waals surface area contributed by atoms with Gasteiger partial charge in [-0.25, -0.2) is 9.18 Å². The highest BCUT2D eigenvalue weighted by Crippen LogP contribution is 2.30. The highest BCUT2D eigenvalue weighted by molar-refractivity contribution is 5.95. The van der Waals surface area contributed by atoms with Crippen LogP contribution in [0, 0.1) is 5.82 Å². The standard InChI is InChI=1S/C18H19FN4O2.CH4/c1-25-18(24)22-6-4-14(5-7-22)23-11-12(9-21-23)16-10-20-17-8-13(19)2-3-15(16)17;/h2-3,8-11,14,20H,4-7H2,1H3;1H4. The van der Waals surface area contributed by atoms with Gasteiger partial charge in [0.05, 0.1) is 19.3 Å². The molecule has 0 aliphatic carbocycles. The predicted octanol–water partition coefficient (Wildman–Crippen LogP) is 4.21. The van der Waals surface area contributed by atoms with E-state index in [1.54, 1.807) is 11.0 Å². The molecule has 3 heterocycles. The van der Waals surface area contributed by atoms with E-state index >= 15 is 0 Å². The van der Waals surface area contributed by atoms with Crippen LogP contribution < -0.4 is 0 Å². The first-order valence-corrected chi connectivity index (χ1v) is 8.30. The molecule has 1 aliphatic heterocycles. The topological polar surface area (TPSA) is 63.1 Å². The normalized spacial score (nSPS) is 15.1. The third-order valence-electron chi connectivity index (χ3n) is 4.83. The number of carbonyl (C=O) groups is 1. The molecule has 0 bridgehead atoms. The second kappa shape index (κ2) is 7.19. The highest BCUT2D eigenvalue weighted by atomic mass is 19.1. The zero-order valence-corrected chi connectivity index (χ0v) is 13.9. The molecule has 6 nitrogen and oxygen atoms in total. The quantitative estimate of drug-likeness (QED) is 0.746. The van der Waals surface area contributed by atoms with E-state index in [0.717, 1.165) is 34.9 Å². The molecule has 0 spiro atoms. The molecule has 0 saturated carbocycles. The third-order valence-corrected chi connectivity index (χ3v) is 4.83. The van der Waals surface area contributed by atoms with Crippen LogP contribution in [-0.2, 0) is 4.74 Å². The maximum atomic E-state index is 13.3. The number of nitrogens with zero attached hydrogens (tertiary/aromatic N) is 3. The largest absolute Gasteiger partial charge is 0.453 e. The Morgan fingerprint density at radius 2 is 2.12 bits per heavy atom. The van der Waals surface area contributed by atoms with E-state index in [2.05, 4.69) is 10.1 Å². The van der Waals surface area contributed by atoms with Crippen molar-refractivity contribution < 1.29 is 13.9 Å². The molecule has 1 N–H and O–H groups in total. The lowest BCUT2D eigenvalue weighted by Gasteiger charge is -2.30. The minimum absolute atomic E-state index is 0. The van der Waals surface area contributed by atoms with Crippen molar-refractivity contribution in [3.8, 4) is 11.1 Å². The predicted molar refractivity (Wildman–Crippen MR) is 98.5 cm³/mol. The number of amides is 1. The van der Waals surface area contributed by atoms with Gasteiger partial charge >= 0.3 is 6.09 Å². The summed E-state index contributed by atoms with van der Waals surface area (Å²) in [5.74, 6) is -0.256. The van der Waals surface area contributed by atoms with Crippen LogP contribution in [0.1, 0.15) is 26.3 Å². The van der Waals surface area contributed by atoms with E-state index in [1.165, 1.54) is 19.2 Å². The summed E-state index contributed by atoms with van der Waals surface area (Å²) in [5.41, 5.74) is 2.77. The SMILES string of the molecule is C.COC(=O)N1CCC(n2cc(-c3c[nH]c4cc(F)ccc34)cn2)CC1. The number of methoxy groups -OCH3 is 1. The van der Waals surface area contributed by atoms with E-state index in [1.807, 2.05) is 23.3 Å². The van der Waals surface area contributed by atoms with E-state index in [9.17, 15) is 9.18 Å². The third kappa shape index (κ3) is 3.16. The van der Waals surface area contributed by atoms with Crippen LogP contribution in [0.3, 0.4) is 0 Å². The van der Waals surface area contributed by atoms with Crippen molar-refractivity contribution in [2.45, 2.75) is 26.3 Å². The molecule has 4 rings (SSSR count). The number of halogens is 1. The summed E-state index contributed by atoms with van der Waals surface area (Å²) >= 11 is 0. The summed E-state index contributed by atoms with van der Waals surface area (Å²) in [6.07, 6.45) is 7.14. The van der Waals surface area contributed by atoms with Crippen molar-refractivity contribution in [1.29, 1.82) is 0 Å². The van der Waals surface area contributed by atoms with Crippen LogP contribution in [0.4, 0.5) is 9.18 Å². The maximum Gasteiger partial charge on any atom is 0.409 e. The van der Waals surface area contributed by atoms with E-state index in [0.29, 0.717) is 13.1 Å². The Kier molecular flexibility index (Phi) is 4.97. The fourth-order valence-corrected chi connectivity index (χ4v) is 3.46. The van der Waals surface area contributed by atoms with Gasteiger partial charge in [0.2, 0.25) is 0 Å². The Balaban J connectivity index is 0.00000196. The molecule has 0 atom stereocenters. The van der Waals surface area contributed by atoms with Crippen molar-refractivity contribution in [1.82, 2.24) is 19.7 Å². The van der Waals surface area contributed by atoms with Gasteiger partial charge in [-0.15, -0.1) is 0 Å². The number of carbonyl (C=O) groups excluding carboxylic acids is 1. The molecule has 1 amide bonds. The van der Waals surface area contributed by atoms with Crippen LogP contribution in [-0.4, -0.2) is 46.0 Å². The first kappa shape index (κ1) is 18.0. The lowest BCUT2D eigenvalue weighted by molar-refractivity contribution is 0.105. The average Bonchev–Trinajstić information content (AvgIpc) is 3.27. The summed E-state index contributed by atoms with van der Waals surface area (Å²) in [4.78, 5) is 16.4. The van der Waals surface area contributed by atoms with Crippen LogP contribution in [0.2, 0.25) is 0 Å². The molecular weight excluding hydrogens is 335 g/mol. The summed E-state index contributed by atoms with van der Waals surface area (Å²) in [7, 11) is 1.40. The van der Waals surface area contributed by atoms with Crippen LogP contribution >= 0.6 is 0 Å². The minimum Gasteiger partial charge on any atom is -0.453 e. The number of aromatic amines is 1. The molecule has 1 fully saturated rings. The summed E-state index contributed by atoms with van der Waals surface area (Å²) in [6, 6.07) is 5.00. The molecule has 1 aliphatic rings. The number of benzene rings is 1. The van der Waals surface area contributed by atoms with Crippen molar-refractivity contribution >= 4 is 17.0 Å². The van der Waals surface area contributed by atoms with Gasteiger partial charge < -0.3 is 14.6 Å². The van der Waals surface area contributed by atoms with Gasteiger partial charge in [0.25, 0.3) is 0 Å². The summed E-state index contributed by atoms with van der Waals surface area (Å²) in [5, 5.41) is 5.48. The Hall–Kier alpha value is -2.83. The van der Waals surface area contributed by atoms with Crippen molar-refractivity contribution in [2.75, 3.05) is 20.2 Å². The first-order valence-electron chi connectivity index (χ1n) is 8.30. The maximum absolute atomic E-state index is 13.3. The molecule has 7 heteroatoms. The van der Waals surface area contributed by atoms with E-state index in [4.69, 9.17) is 4.74 Å². The lowest BCUT2D eigenvalue weighted by Crippen LogP contribution is -2.39. The van der Waals surface area contributed by atoms with Gasteiger partial charge in [-0.2, -0.15) is 5.10 Å². The van der Waals surface area contributed by atoms with Crippen LogP contribution in [0.15, 0.2) is 36.8 Å². The van der Waals surface area contributed by atoms with Crippen LogP contribution in [0.25, 0.3) is 22.0 Å². The number of nitrogens with one attached hydrogen (secondary N) is 1. The second-order valence-corrected chi connectivity index (χ2v) is 6.29. The number of piperidine rings is 1. The highest BCUT2D eigenvalue weighted by Gasteiger charge is 2.25. The summed E-state index contributed by atoms with van der Waals surface area (Å²) < 4.78 is 20.1. The number of fused-ring (bicyclic) bond motifs is 1. The number of aromatic nitrogens is 3. The zero-order chi connectivity index (χ0) is 17.4. The fraction of sp³-hybridized carbons (Fsp3) is 0.368. The number of rotatable bonds is 2. The Labute approximate surface area is 151 Å². The second-order valence-electron chi connectivity index (χ2n) is 6.29. The molecule has 26 heavy (non-hydrogen) atoms. The molecule has 2 aromatic heterocycles. The Morgan fingerprint density at radius 1 is 1.35 bits per heavy atom. The molecule has 138 valence electrons.